The molecule has 0 atom stereocenters. The van der Waals surface area contributed by atoms with Gasteiger partial charge in [-0.3, -0.25) is 4.99 Å². The Morgan fingerprint density at radius 3 is 2.33 bits per heavy atom. The van der Waals surface area contributed by atoms with E-state index in [4.69, 9.17) is 16.7 Å². The van der Waals surface area contributed by atoms with Gasteiger partial charge in [0.2, 0.25) is 10.0 Å². The van der Waals surface area contributed by atoms with Gasteiger partial charge in [0, 0.05) is 33.9 Å². The molecule has 0 saturated carbocycles. The molecule has 0 amide bonds. The Labute approximate surface area is 164 Å². The number of hydrogen-bond donors (Lipinski definition) is 1. The number of nitrogens with zero attached hydrogens (tertiary/aromatic N) is 2. The van der Waals surface area contributed by atoms with Crippen LogP contribution in [0, 0.1) is 20.8 Å². The Morgan fingerprint density at radius 2 is 1.70 bits per heavy atom. The lowest BCUT2D eigenvalue weighted by molar-refractivity contribution is 0.598. The predicted octanol–water partition coefficient (Wildman–Crippen LogP) is 4.45. The van der Waals surface area contributed by atoms with Gasteiger partial charge in [-0.25, -0.2) is 13.6 Å². The Hall–Kier alpha value is -2.41. The molecule has 2 aromatic carbocycles. The summed E-state index contributed by atoms with van der Waals surface area (Å²) in [6.07, 6.45) is 1.82. The van der Waals surface area contributed by atoms with Crippen LogP contribution in [-0.2, 0) is 10.0 Å². The van der Waals surface area contributed by atoms with Gasteiger partial charge < -0.3 is 4.57 Å². The van der Waals surface area contributed by atoms with Crippen LogP contribution >= 0.6 is 11.6 Å². The van der Waals surface area contributed by atoms with E-state index in [9.17, 15) is 8.42 Å². The van der Waals surface area contributed by atoms with Gasteiger partial charge in [0.1, 0.15) is 0 Å². The second kappa shape index (κ2) is 7.31. The third-order valence-electron chi connectivity index (χ3n) is 4.41. The second-order valence-electron chi connectivity index (χ2n) is 6.39. The number of aliphatic imine (C=N–C) groups is 1. The molecular weight excluding hydrogens is 382 g/mol. The molecule has 0 spiro atoms. The number of nitrogens with two attached hydrogens (primary N) is 1. The minimum atomic E-state index is -3.70. The smallest absolute Gasteiger partial charge is 0.238 e. The standard InChI is InChI=1S/C20H20ClN3O2S/c1-13-4-5-17(21)11-20(13)23-12-16-10-14(2)24(15(16)3)18-6-8-19(9-7-18)27(22,25)26/h4-12H,1-3H3,(H2,22,25,26). The number of sulfonamides is 1. The van der Waals surface area contributed by atoms with E-state index >= 15 is 0 Å². The monoisotopic (exact) mass is 401 g/mol. The topological polar surface area (TPSA) is 77.5 Å². The summed E-state index contributed by atoms with van der Waals surface area (Å²) < 4.78 is 24.9. The van der Waals surface area contributed by atoms with Gasteiger partial charge in [0.15, 0.2) is 0 Å². The zero-order valence-electron chi connectivity index (χ0n) is 15.3. The van der Waals surface area contributed by atoms with Crippen molar-refractivity contribution in [2.45, 2.75) is 25.7 Å². The Bertz CT molecular complexity index is 1130. The molecule has 2 N–H and O–H groups in total. The van der Waals surface area contributed by atoms with E-state index in [0.717, 1.165) is 33.9 Å². The zero-order valence-corrected chi connectivity index (χ0v) is 16.8. The Morgan fingerprint density at radius 1 is 1.04 bits per heavy atom. The maximum absolute atomic E-state index is 11.4. The van der Waals surface area contributed by atoms with Crippen molar-refractivity contribution in [3.63, 3.8) is 0 Å². The van der Waals surface area contributed by atoms with Crippen LogP contribution in [0.4, 0.5) is 5.69 Å². The van der Waals surface area contributed by atoms with Crippen molar-refractivity contribution in [3.8, 4) is 5.69 Å². The summed E-state index contributed by atoms with van der Waals surface area (Å²) in [5.74, 6) is 0. The van der Waals surface area contributed by atoms with Crippen LogP contribution in [0.25, 0.3) is 5.69 Å². The molecule has 0 aliphatic rings. The minimum Gasteiger partial charge on any atom is -0.318 e. The van der Waals surface area contributed by atoms with Crippen LogP contribution in [-0.4, -0.2) is 19.2 Å². The quantitative estimate of drug-likeness (QED) is 0.655. The molecule has 0 fully saturated rings. The third kappa shape index (κ3) is 4.13. The first kappa shape index (κ1) is 19.4. The van der Waals surface area contributed by atoms with Crippen LogP contribution in [0.1, 0.15) is 22.5 Å². The summed E-state index contributed by atoms with van der Waals surface area (Å²) in [6, 6.07) is 14.1. The first-order valence-corrected chi connectivity index (χ1v) is 10.2. The van der Waals surface area contributed by atoms with Crippen LogP contribution in [0.5, 0.6) is 0 Å². The fraction of sp³-hybridized carbons (Fsp3) is 0.150. The van der Waals surface area contributed by atoms with E-state index in [1.54, 1.807) is 12.1 Å². The normalized spacial score (nSPS) is 12.0. The fourth-order valence-electron chi connectivity index (χ4n) is 2.96. The molecule has 1 aromatic heterocycles. The van der Waals surface area contributed by atoms with E-state index in [1.807, 2.05) is 55.8 Å². The van der Waals surface area contributed by atoms with Gasteiger partial charge in [-0.15, -0.1) is 0 Å². The Kier molecular flexibility index (Phi) is 5.24. The van der Waals surface area contributed by atoms with Gasteiger partial charge in [0.05, 0.1) is 10.6 Å². The highest BCUT2D eigenvalue weighted by atomic mass is 35.5. The lowest BCUT2D eigenvalue weighted by Crippen LogP contribution is -2.12. The molecule has 5 nitrogen and oxygen atoms in total. The van der Waals surface area contributed by atoms with Crippen molar-refractivity contribution in [1.29, 1.82) is 0 Å². The van der Waals surface area contributed by atoms with Crippen molar-refractivity contribution in [3.05, 3.63) is 76.1 Å². The predicted molar refractivity (Wildman–Crippen MR) is 110 cm³/mol. The summed E-state index contributed by atoms with van der Waals surface area (Å²) in [5.41, 5.74) is 5.71. The molecule has 3 rings (SSSR count). The van der Waals surface area contributed by atoms with Gasteiger partial charge in [-0.1, -0.05) is 17.7 Å². The van der Waals surface area contributed by atoms with Gasteiger partial charge in [0.25, 0.3) is 0 Å². The van der Waals surface area contributed by atoms with E-state index in [2.05, 4.69) is 4.99 Å². The number of primary sulfonamides is 1. The number of hydrogen-bond acceptors (Lipinski definition) is 3. The lowest BCUT2D eigenvalue weighted by Gasteiger charge is -2.10. The van der Waals surface area contributed by atoms with E-state index in [1.165, 1.54) is 12.1 Å². The van der Waals surface area contributed by atoms with Crippen molar-refractivity contribution in [2.24, 2.45) is 10.1 Å². The number of aryl methyl sites for hydroxylation is 2. The van der Waals surface area contributed by atoms with E-state index in [-0.39, 0.29) is 4.90 Å². The number of benzene rings is 2. The molecule has 0 saturated heterocycles. The average Bonchev–Trinajstić information content (AvgIpc) is 2.89. The van der Waals surface area contributed by atoms with Crippen molar-refractivity contribution >= 4 is 33.5 Å². The van der Waals surface area contributed by atoms with E-state index < -0.39 is 10.0 Å². The highest BCUT2D eigenvalue weighted by molar-refractivity contribution is 7.89. The molecule has 27 heavy (non-hydrogen) atoms. The molecule has 0 aliphatic heterocycles. The van der Waals surface area contributed by atoms with Gasteiger partial charge in [-0.2, -0.15) is 0 Å². The van der Waals surface area contributed by atoms with Gasteiger partial charge >= 0.3 is 0 Å². The second-order valence-corrected chi connectivity index (χ2v) is 8.39. The fourth-order valence-corrected chi connectivity index (χ4v) is 3.64. The average molecular weight is 402 g/mol. The van der Waals surface area contributed by atoms with Crippen molar-refractivity contribution < 1.29 is 8.42 Å². The first-order valence-electron chi connectivity index (χ1n) is 8.29. The molecular formula is C20H20ClN3O2S. The lowest BCUT2D eigenvalue weighted by atomic mass is 10.2. The number of aromatic nitrogens is 1. The SMILES string of the molecule is Cc1ccc(Cl)cc1N=Cc1cc(C)n(-c2ccc(S(N)(=O)=O)cc2)c1C. The number of rotatable bonds is 4. The summed E-state index contributed by atoms with van der Waals surface area (Å²) >= 11 is 6.05. The van der Waals surface area contributed by atoms with Crippen LogP contribution in [0.2, 0.25) is 5.02 Å². The Balaban J connectivity index is 1.98. The summed E-state index contributed by atoms with van der Waals surface area (Å²) in [5, 5.41) is 5.81. The summed E-state index contributed by atoms with van der Waals surface area (Å²) in [6.45, 7) is 5.97. The van der Waals surface area contributed by atoms with Crippen molar-refractivity contribution in [1.82, 2.24) is 4.57 Å². The first-order chi connectivity index (χ1) is 12.7. The summed E-state index contributed by atoms with van der Waals surface area (Å²) in [7, 11) is -3.70. The zero-order chi connectivity index (χ0) is 19.8. The molecule has 1 heterocycles. The maximum Gasteiger partial charge on any atom is 0.238 e. The minimum absolute atomic E-state index is 0.0897. The number of halogens is 1. The third-order valence-corrected chi connectivity index (χ3v) is 5.57. The van der Waals surface area contributed by atoms with Crippen LogP contribution in [0.15, 0.2) is 58.4 Å². The van der Waals surface area contributed by atoms with Crippen LogP contribution in [0.3, 0.4) is 0 Å². The van der Waals surface area contributed by atoms with Gasteiger partial charge in [-0.05, 0) is 68.8 Å². The largest absolute Gasteiger partial charge is 0.318 e. The maximum atomic E-state index is 11.4. The molecule has 0 aliphatic carbocycles. The molecule has 0 radical (unpaired) electrons. The van der Waals surface area contributed by atoms with E-state index in [0.29, 0.717) is 5.02 Å². The highest BCUT2D eigenvalue weighted by Crippen LogP contribution is 2.25. The summed E-state index contributed by atoms with van der Waals surface area (Å²) in [4.78, 5) is 4.66. The molecule has 140 valence electrons. The highest BCUT2D eigenvalue weighted by Gasteiger charge is 2.12. The molecule has 7 heteroatoms. The van der Waals surface area contributed by atoms with Crippen molar-refractivity contribution in [2.75, 3.05) is 0 Å². The van der Waals surface area contributed by atoms with Crippen LogP contribution < -0.4 is 5.14 Å². The molecule has 0 bridgehead atoms. The molecule has 0 unspecified atom stereocenters. The molecule has 3 aromatic rings.